The predicted octanol–water partition coefficient (Wildman–Crippen LogP) is 3.45. The molecule has 4 bridgehead atoms. The first kappa shape index (κ1) is 48.2. The summed E-state index contributed by atoms with van der Waals surface area (Å²) >= 11 is 0. The molecule has 356 valence electrons. The number of cyclic esters (lactones) is 1. The molecule has 12 atom stereocenters. The summed E-state index contributed by atoms with van der Waals surface area (Å²) in [4.78, 5) is 116. The van der Waals surface area contributed by atoms with E-state index < -0.39 is 132 Å². The van der Waals surface area contributed by atoms with E-state index >= 15 is 0 Å². The van der Waals surface area contributed by atoms with Crippen molar-refractivity contribution in [3.8, 4) is 0 Å². The molecule has 67 heavy (non-hydrogen) atoms. The van der Waals surface area contributed by atoms with E-state index in [4.69, 9.17) is 42.6 Å². The fourth-order valence-corrected chi connectivity index (χ4v) is 10.3. The lowest BCUT2D eigenvalue weighted by Gasteiger charge is -2.67. The topological polar surface area (TPSA) is 253 Å². The molecule has 2 aliphatic carbocycles. The van der Waals surface area contributed by atoms with Gasteiger partial charge in [-0.25, -0.2) is 14.4 Å². The maximum Gasteiger partial charge on any atom is 0.340 e. The lowest BCUT2D eigenvalue weighted by Crippen LogP contribution is -2.89. The summed E-state index contributed by atoms with van der Waals surface area (Å²) in [5.41, 5.74) is -10.4. The van der Waals surface area contributed by atoms with Crippen LogP contribution in [0.1, 0.15) is 91.7 Å². The predicted molar refractivity (Wildman–Crippen MR) is 225 cm³/mol. The van der Waals surface area contributed by atoms with Gasteiger partial charge in [0.05, 0.1) is 34.2 Å². The molecular weight excluding hydrogens is 879 g/mol. The molecule has 12 unspecified atom stereocenters. The second-order valence-corrected chi connectivity index (χ2v) is 17.6. The minimum atomic E-state index is -2.91. The Morgan fingerprint density at radius 3 is 1.85 bits per heavy atom. The summed E-state index contributed by atoms with van der Waals surface area (Å²) in [5, 5.41) is 13.9. The standard InChI is InChI=1S/C48H51NO18/c1-25-20-21-33-32(19-14-22-49-33)44(57)60-23-45(6)34-35(61-27(3)51)39(62-28(4)52)47(24-59-26(2)50)40(63-29(5)53)36(64-42(55)30-15-10-8-11-16-30)38(66-41(25)54)46(7,58)48(47,67-45)37(34)65-43(56)31-17-12-9-13-18-31/h8-19,22,25,34-40,58H,20-21,23-24H2,1-7H3. The molecule has 2 aromatic carbocycles. The van der Waals surface area contributed by atoms with Gasteiger partial charge in [-0.05, 0) is 63.1 Å². The summed E-state index contributed by atoms with van der Waals surface area (Å²) in [6.45, 7) is 6.13. The van der Waals surface area contributed by atoms with E-state index in [0.29, 0.717) is 0 Å². The average molecular weight is 930 g/mol. The van der Waals surface area contributed by atoms with Crippen LogP contribution in [0.2, 0.25) is 0 Å². The van der Waals surface area contributed by atoms with Gasteiger partial charge in [-0.3, -0.25) is 29.0 Å². The highest BCUT2D eigenvalue weighted by atomic mass is 16.7. The Kier molecular flexibility index (Phi) is 13.3. The van der Waals surface area contributed by atoms with E-state index in [-0.39, 0.29) is 35.2 Å². The molecule has 2 saturated carbocycles. The van der Waals surface area contributed by atoms with Crippen LogP contribution in [0.25, 0.3) is 0 Å². The van der Waals surface area contributed by atoms with Crippen molar-refractivity contribution in [2.75, 3.05) is 13.2 Å². The third-order valence-corrected chi connectivity index (χ3v) is 13.0. The number of hydrogen-bond donors (Lipinski definition) is 1. The minimum Gasteiger partial charge on any atom is -0.465 e. The van der Waals surface area contributed by atoms with E-state index in [9.17, 15) is 43.5 Å². The highest BCUT2D eigenvalue weighted by Gasteiger charge is 2.92. The molecule has 3 fully saturated rings. The first-order valence-electron chi connectivity index (χ1n) is 21.6. The Morgan fingerprint density at radius 1 is 0.716 bits per heavy atom. The fourth-order valence-electron chi connectivity index (χ4n) is 10.3. The number of ether oxygens (including phenoxy) is 9. The average Bonchev–Trinajstić information content (AvgIpc) is 3.51. The molecule has 1 N–H and O–H groups in total. The number of fused-ring (bicyclic) bond motifs is 5. The number of nitrogens with zero attached hydrogens (tertiary/aromatic N) is 1. The lowest BCUT2D eigenvalue weighted by molar-refractivity contribution is -0.385. The second-order valence-electron chi connectivity index (χ2n) is 17.6. The van der Waals surface area contributed by atoms with Crippen LogP contribution in [-0.2, 0) is 73.0 Å². The molecule has 1 saturated heterocycles. The van der Waals surface area contributed by atoms with Crippen LogP contribution in [0.3, 0.4) is 0 Å². The molecule has 4 aliphatic rings. The number of pyridine rings is 1. The largest absolute Gasteiger partial charge is 0.465 e. The first-order valence-corrected chi connectivity index (χ1v) is 21.6. The number of aliphatic hydroxyl groups is 1. The van der Waals surface area contributed by atoms with Crippen molar-refractivity contribution in [3.63, 3.8) is 0 Å². The highest BCUT2D eigenvalue weighted by molar-refractivity contribution is 5.91. The molecule has 19 nitrogen and oxygen atoms in total. The van der Waals surface area contributed by atoms with Crippen LogP contribution >= 0.6 is 0 Å². The SMILES string of the molecule is CC(=O)OCC12C(OC(C)=O)C(OC(C)=O)C3C(OC(=O)c4ccccc4)C14OC3(C)COC(=O)c1cccnc1CCC(C)C(=O)OC(C(OC(=O)c1ccccc1)C2OC(C)=O)C4(C)O. The number of carbonyl (C=O) groups excluding carboxylic acids is 8. The van der Waals surface area contributed by atoms with Crippen molar-refractivity contribution in [1.82, 2.24) is 4.98 Å². The van der Waals surface area contributed by atoms with Crippen LogP contribution in [0.5, 0.6) is 0 Å². The van der Waals surface area contributed by atoms with Crippen molar-refractivity contribution in [3.05, 3.63) is 101 Å². The van der Waals surface area contributed by atoms with Gasteiger partial charge in [-0.1, -0.05) is 43.3 Å². The molecular formula is C48H51NO18. The summed E-state index contributed by atoms with van der Waals surface area (Å²) in [5.74, 6) is -10.9. The van der Waals surface area contributed by atoms with E-state index in [1.165, 1.54) is 68.6 Å². The Hall–Kier alpha value is -6.73. The van der Waals surface area contributed by atoms with Crippen molar-refractivity contribution >= 4 is 47.8 Å². The first-order chi connectivity index (χ1) is 31.7. The lowest BCUT2D eigenvalue weighted by atomic mass is 9.45. The molecule has 3 aromatic rings. The summed E-state index contributed by atoms with van der Waals surface area (Å²) in [6, 6.07) is 18.0. The summed E-state index contributed by atoms with van der Waals surface area (Å²) < 4.78 is 56.4. The molecule has 1 spiro atoms. The van der Waals surface area contributed by atoms with Crippen molar-refractivity contribution < 1.29 is 86.1 Å². The zero-order valence-corrected chi connectivity index (χ0v) is 37.8. The van der Waals surface area contributed by atoms with Crippen LogP contribution < -0.4 is 0 Å². The minimum absolute atomic E-state index is 0.0137. The van der Waals surface area contributed by atoms with Crippen molar-refractivity contribution in [2.45, 2.75) is 115 Å². The molecule has 3 heterocycles. The Labute approximate surface area is 384 Å². The number of carbonyl (C=O) groups is 8. The normalized spacial score (nSPS) is 33.2. The fraction of sp³-hybridized carbons (Fsp3) is 0.479. The Bertz CT molecular complexity index is 2440. The summed E-state index contributed by atoms with van der Waals surface area (Å²) in [7, 11) is 0. The number of esters is 8. The maximum atomic E-state index is 14.6. The van der Waals surface area contributed by atoms with Gasteiger partial charge in [0.15, 0.2) is 30.0 Å². The van der Waals surface area contributed by atoms with Gasteiger partial charge < -0.3 is 47.7 Å². The molecule has 0 radical (unpaired) electrons. The van der Waals surface area contributed by atoms with Crippen molar-refractivity contribution in [1.29, 1.82) is 0 Å². The zero-order valence-electron chi connectivity index (χ0n) is 37.8. The maximum absolute atomic E-state index is 14.6. The van der Waals surface area contributed by atoms with E-state index in [1.54, 1.807) is 24.3 Å². The number of rotatable bonds is 9. The van der Waals surface area contributed by atoms with Gasteiger partial charge in [0, 0.05) is 33.9 Å². The monoisotopic (exact) mass is 929 g/mol. The number of aromatic nitrogens is 1. The number of hydrogen-bond acceptors (Lipinski definition) is 19. The van der Waals surface area contributed by atoms with Gasteiger partial charge in [-0.2, -0.15) is 0 Å². The van der Waals surface area contributed by atoms with Gasteiger partial charge in [-0.15, -0.1) is 0 Å². The van der Waals surface area contributed by atoms with Crippen LogP contribution in [-0.4, -0.2) is 124 Å². The third-order valence-electron chi connectivity index (χ3n) is 13.0. The van der Waals surface area contributed by atoms with E-state index in [2.05, 4.69) is 4.98 Å². The molecule has 19 heteroatoms. The van der Waals surface area contributed by atoms with E-state index in [0.717, 1.165) is 34.6 Å². The van der Waals surface area contributed by atoms with Crippen LogP contribution in [0.4, 0.5) is 0 Å². The molecule has 2 aliphatic heterocycles. The highest BCUT2D eigenvalue weighted by Crippen LogP contribution is 2.70. The van der Waals surface area contributed by atoms with E-state index in [1.807, 2.05) is 0 Å². The Morgan fingerprint density at radius 2 is 1.28 bits per heavy atom. The Balaban J connectivity index is 1.63. The van der Waals surface area contributed by atoms with Gasteiger partial charge in [0.2, 0.25) is 0 Å². The molecule has 0 amide bonds. The summed E-state index contributed by atoms with van der Waals surface area (Å²) in [6.07, 6.45) is -10.9. The van der Waals surface area contributed by atoms with Gasteiger partial charge >= 0.3 is 47.8 Å². The van der Waals surface area contributed by atoms with Gasteiger partial charge in [0.1, 0.15) is 42.0 Å². The third kappa shape index (κ3) is 8.50. The second kappa shape index (κ2) is 18.5. The number of benzene rings is 2. The number of aryl methyl sites for hydroxylation is 1. The van der Waals surface area contributed by atoms with Gasteiger partial charge in [0.25, 0.3) is 0 Å². The van der Waals surface area contributed by atoms with Crippen LogP contribution in [0, 0.1) is 17.3 Å². The molecule has 1 aromatic heterocycles. The van der Waals surface area contributed by atoms with Crippen molar-refractivity contribution in [2.24, 2.45) is 17.3 Å². The smallest absolute Gasteiger partial charge is 0.340 e. The molecule has 7 rings (SSSR count). The zero-order chi connectivity index (χ0) is 48.6. The quantitative estimate of drug-likeness (QED) is 0.238. The van der Waals surface area contributed by atoms with Crippen LogP contribution in [0.15, 0.2) is 79.0 Å².